The summed E-state index contributed by atoms with van der Waals surface area (Å²) in [4.78, 5) is 4.36. The number of para-hydroxylation sites is 1. The minimum atomic E-state index is 0.790. The molecule has 0 amide bonds. The van der Waals surface area contributed by atoms with Gasteiger partial charge < -0.3 is 9.15 Å². The second-order valence-electron chi connectivity index (χ2n) is 4.22. The summed E-state index contributed by atoms with van der Waals surface area (Å²) in [6.45, 7) is 0. The zero-order chi connectivity index (χ0) is 13.6. The van der Waals surface area contributed by atoms with Gasteiger partial charge in [0.05, 0.1) is 18.2 Å². The standard InChI is InChI=1S/C17H13NO2/c1-2-4-16(5-3-1)20-17-8-6-15(7-9-17)18-12-14-10-11-19-13-14/h1-13H. The number of nitrogens with zero attached hydrogens (tertiary/aromatic N) is 1. The molecule has 0 aliphatic rings. The quantitative estimate of drug-likeness (QED) is 0.632. The molecule has 0 saturated carbocycles. The third-order valence-electron chi connectivity index (χ3n) is 2.72. The lowest BCUT2D eigenvalue weighted by atomic mass is 10.3. The molecule has 0 spiro atoms. The Morgan fingerprint density at radius 2 is 1.60 bits per heavy atom. The summed E-state index contributed by atoms with van der Waals surface area (Å²) in [7, 11) is 0. The number of rotatable bonds is 4. The molecule has 3 heteroatoms. The summed E-state index contributed by atoms with van der Waals surface area (Å²) >= 11 is 0. The molecule has 0 bridgehead atoms. The number of furan rings is 1. The van der Waals surface area contributed by atoms with Crippen LogP contribution in [0.4, 0.5) is 5.69 Å². The van der Waals surface area contributed by atoms with Gasteiger partial charge in [0.15, 0.2) is 0 Å². The fourth-order valence-corrected chi connectivity index (χ4v) is 1.72. The normalized spacial score (nSPS) is 10.8. The summed E-state index contributed by atoms with van der Waals surface area (Å²) in [5.74, 6) is 1.61. The molecule has 0 N–H and O–H groups in total. The number of hydrogen-bond donors (Lipinski definition) is 0. The van der Waals surface area contributed by atoms with Gasteiger partial charge in [-0.25, -0.2) is 0 Å². The highest BCUT2D eigenvalue weighted by atomic mass is 16.5. The van der Waals surface area contributed by atoms with Crippen LogP contribution in [-0.2, 0) is 0 Å². The van der Waals surface area contributed by atoms with Gasteiger partial charge in [-0.3, -0.25) is 4.99 Å². The van der Waals surface area contributed by atoms with Crippen LogP contribution in [0, 0.1) is 0 Å². The van der Waals surface area contributed by atoms with Crippen molar-refractivity contribution in [1.29, 1.82) is 0 Å². The van der Waals surface area contributed by atoms with Crippen molar-refractivity contribution in [2.75, 3.05) is 0 Å². The van der Waals surface area contributed by atoms with Crippen LogP contribution in [0.1, 0.15) is 5.56 Å². The molecule has 0 unspecified atom stereocenters. The van der Waals surface area contributed by atoms with E-state index in [1.807, 2.05) is 60.7 Å². The van der Waals surface area contributed by atoms with E-state index < -0.39 is 0 Å². The fraction of sp³-hybridized carbons (Fsp3) is 0. The lowest BCUT2D eigenvalue weighted by molar-refractivity contribution is 0.483. The fourth-order valence-electron chi connectivity index (χ4n) is 1.72. The third-order valence-corrected chi connectivity index (χ3v) is 2.72. The number of ether oxygens (including phenoxy) is 1. The van der Waals surface area contributed by atoms with Crippen molar-refractivity contribution in [2.24, 2.45) is 4.99 Å². The van der Waals surface area contributed by atoms with Gasteiger partial charge in [0.2, 0.25) is 0 Å². The zero-order valence-electron chi connectivity index (χ0n) is 10.8. The van der Waals surface area contributed by atoms with Gasteiger partial charge in [0, 0.05) is 11.8 Å². The van der Waals surface area contributed by atoms with Gasteiger partial charge in [-0.05, 0) is 42.5 Å². The molecule has 0 saturated heterocycles. The van der Waals surface area contributed by atoms with Crippen LogP contribution in [0.15, 0.2) is 82.6 Å². The van der Waals surface area contributed by atoms with Crippen LogP contribution in [0.5, 0.6) is 11.5 Å². The van der Waals surface area contributed by atoms with Crippen LogP contribution in [0.2, 0.25) is 0 Å². The molecule has 0 aliphatic heterocycles. The zero-order valence-corrected chi connectivity index (χ0v) is 10.8. The highest BCUT2D eigenvalue weighted by Crippen LogP contribution is 2.23. The maximum Gasteiger partial charge on any atom is 0.127 e. The van der Waals surface area contributed by atoms with E-state index in [1.165, 1.54) is 0 Å². The van der Waals surface area contributed by atoms with Crippen molar-refractivity contribution >= 4 is 11.9 Å². The van der Waals surface area contributed by atoms with E-state index in [2.05, 4.69) is 4.99 Å². The predicted molar refractivity (Wildman–Crippen MR) is 78.9 cm³/mol. The van der Waals surface area contributed by atoms with Gasteiger partial charge in [-0.15, -0.1) is 0 Å². The van der Waals surface area contributed by atoms with Crippen LogP contribution in [0.25, 0.3) is 0 Å². The van der Waals surface area contributed by atoms with Crippen LogP contribution >= 0.6 is 0 Å². The minimum Gasteiger partial charge on any atom is -0.472 e. The monoisotopic (exact) mass is 263 g/mol. The summed E-state index contributed by atoms with van der Waals surface area (Å²) in [5, 5.41) is 0. The molecule has 1 aromatic heterocycles. The highest BCUT2D eigenvalue weighted by Gasteiger charge is 1.96. The minimum absolute atomic E-state index is 0.790. The lowest BCUT2D eigenvalue weighted by Crippen LogP contribution is -1.82. The average molecular weight is 263 g/mol. The Kier molecular flexibility index (Phi) is 3.60. The molecular weight excluding hydrogens is 250 g/mol. The van der Waals surface area contributed by atoms with E-state index in [4.69, 9.17) is 9.15 Å². The Hall–Kier alpha value is -2.81. The molecule has 0 radical (unpaired) electrons. The van der Waals surface area contributed by atoms with Crippen molar-refractivity contribution in [3.63, 3.8) is 0 Å². The molecule has 3 rings (SSSR count). The van der Waals surface area contributed by atoms with E-state index in [9.17, 15) is 0 Å². The van der Waals surface area contributed by atoms with Crippen molar-refractivity contribution < 1.29 is 9.15 Å². The van der Waals surface area contributed by atoms with Crippen molar-refractivity contribution in [3.05, 3.63) is 78.8 Å². The van der Waals surface area contributed by atoms with Gasteiger partial charge in [-0.1, -0.05) is 18.2 Å². The maximum absolute atomic E-state index is 5.72. The van der Waals surface area contributed by atoms with Crippen molar-refractivity contribution in [1.82, 2.24) is 0 Å². The Balaban J connectivity index is 1.68. The molecule has 1 heterocycles. The molecular formula is C17H13NO2. The first-order chi connectivity index (χ1) is 9.90. The first kappa shape index (κ1) is 12.2. The first-order valence-electron chi connectivity index (χ1n) is 6.29. The first-order valence-corrected chi connectivity index (χ1v) is 6.29. The Labute approximate surface area is 117 Å². The molecule has 3 aromatic rings. The highest BCUT2D eigenvalue weighted by molar-refractivity contribution is 5.81. The van der Waals surface area contributed by atoms with E-state index in [-0.39, 0.29) is 0 Å². The van der Waals surface area contributed by atoms with Gasteiger partial charge in [0.1, 0.15) is 11.5 Å². The lowest BCUT2D eigenvalue weighted by Gasteiger charge is -2.05. The van der Waals surface area contributed by atoms with E-state index in [0.717, 1.165) is 22.7 Å². The van der Waals surface area contributed by atoms with Gasteiger partial charge in [0.25, 0.3) is 0 Å². The largest absolute Gasteiger partial charge is 0.472 e. The Morgan fingerprint density at radius 1 is 0.850 bits per heavy atom. The topological polar surface area (TPSA) is 34.7 Å². The third kappa shape index (κ3) is 3.14. The average Bonchev–Trinajstić information content (AvgIpc) is 3.01. The second-order valence-corrected chi connectivity index (χ2v) is 4.22. The number of aliphatic imine (C=N–C) groups is 1. The summed E-state index contributed by atoms with van der Waals surface area (Å²) in [6.07, 6.45) is 5.03. The SMILES string of the molecule is C(=Nc1ccc(Oc2ccccc2)cc1)c1ccoc1. The van der Waals surface area contributed by atoms with E-state index >= 15 is 0 Å². The summed E-state index contributed by atoms with van der Waals surface area (Å²) in [6, 6.07) is 19.2. The molecule has 3 nitrogen and oxygen atoms in total. The van der Waals surface area contributed by atoms with Crippen molar-refractivity contribution in [2.45, 2.75) is 0 Å². The van der Waals surface area contributed by atoms with Crippen molar-refractivity contribution in [3.8, 4) is 11.5 Å². The van der Waals surface area contributed by atoms with Crippen LogP contribution in [-0.4, -0.2) is 6.21 Å². The molecule has 0 aliphatic carbocycles. The molecule has 2 aromatic carbocycles. The number of benzene rings is 2. The molecule has 20 heavy (non-hydrogen) atoms. The van der Waals surface area contributed by atoms with E-state index in [0.29, 0.717) is 0 Å². The van der Waals surface area contributed by atoms with Crippen LogP contribution < -0.4 is 4.74 Å². The number of hydrogen-bond acceptors (Lipinski definition) is 3. The molecule has 0 atom stereocenters. The van der Waals surface area contributed by atoms with Crippen LogP contribution in [0.3, 0.4) is 0 Å². The van der Waals surface area contributed by atoms with Gasteiger partial charge in [-0.2, -0.15) is 0 Å². The predicted octanol–water partition coefficient (Wildman–Crippen LogP) is 4.82. The van der Waals surface area contributed by atoms with E-state index in [1.54, 1.807) is 18.7 Å². The smallest absolute Gasteiger partial charge is 0.127 e. The van der Waals surface area contributed by atoms with Gasteiger partial charge >= 0.3 is 0 Å². The Morgan fingerprint density at radius 3 is 2.30 bits per heavy atom. The molecule has 0 fully saturated rings. The molecule has 98 valence electrons. The summed E-state index contributed by atoms with van der Waals surface area (Å²) in [5.41, 5.74) is 1.81. The maximum atomic E-state index is 5.72. The Bertz CT molecular complexity index is 671. The summed E-state index contributed by atoms with van der Waals surface area (Å²) < 4.78 is 10.7. The second kappa shape index (κ2) is 5.89.